The van der Waals surface area contributed by atoms with Crippen LogP contribution in [0.5, 0.6) is 5.88 Å². The summed E-state index contributed by atoms with van der Waals surface area (Å²) in [5.74, 6) is 2.00. The van der Waals surface area contributed by atoms with Crippen LogP contribution in [0.4, 0.5) is 5.82 Å². The normalized spacial score (nSPS) is 13.6. The maximum Gasteiger partial charge on any atom is 0.212 e. The minimum atomic E-state index is 0.488. The molecule has 0 spiro atoms. The number of nitrogens with zero attached hydrogens (tertiary/aromatic N) is 6. The molecule has 10 heteroatoms. The lowest BCUT2D eigenvalue weighted by Crippen LogP contribution is -2.37. The van der Waals surface area contributed by atoms with Crippen LogP contribution in [0.25, 0.3) is 28.2 Å². The predicted octanol–water partition coefficient (Wildman–Crippen LogP) is 3.71. The molecule has 1 saturated heterocycles. The molecule has 0 bridgehead atoms. The number of nitrogens with one attached hydrogen (secondary N) is 1. The Morgan fingerprint density at radius 3 is 2.59 bits per heavy atom. The highest BCUT2D eigenvalue weighted by Gasteiger charge is 2.21. The second kappa shape index (κ2) is 11.4. The number of hydrogen-bond donors (Lipinski definition) is 2. The van der Waals surface area contributed by atoms with E-state index in [9.17, 15) is 0 Å². The van der Waals surface area contributed by atoms with Crippen LogP contribution in [0.2, 0.25) is 0 Å². The first-order valence-electron chi connectivity index (χ1n) is 12.4. The molecule has 0 unspecified atom stereocenters. The number of imidazole rings is 1. The van der Waals surface area contributed by atoms with Gasteiger partial charge in [0.25, 0.3) is 0 Å². The van der Waals surface area contributed by atoms with E-state index in [1.165, 1.54) is 5.56 Å². The summed E-state index contributed by atoms with van der Waals surface area (Å²) in [4.78, 5) is 21.1. The topological polar surface area (TPSA) is 110 Å². The molecule has 37 heavy (non-hydrogen) atoms. The number of aryl methyl sites for hydroxylation is 2. The van der Waals surface area contributed by atoms with Gasteiger partial charge in [-0.25, -0.2) is 19.9 Å². The van der Waals surface area contributed by atoms with Crippen molar-refractivity contribution in [2.24, 2.45) is 0 Å². The molecule has 0 amide bonds. The Balaban J connectivity index is 1.34. The summed E-state index contributed by atoms with van der Waals surface area (Å²) in [6, 6.07) is 11.8. The monoisotopic (exact) mass is 501 g/mol. The number of anilines is 1. The highest BCUT2D eigenvalue weighted by Crippen LogP contribution is 2.28. The van der Waals surface area contributed by atoms with Crippen molar-refractivity contribution in [3.05, 3.63) is 66.6 Å². The van der Waals surface area contributed by atoms with Crippen LogP contribution in [0.1, 0.15) is 24.0 Å². The molecule has 10 nitrogen and oxygen atoms in total. The second-order valence-corrected chi connectivity index (χ2v) is 8.91. The zero-order chi connectivity index (χ0) is 25.6. The average Bonchev–Trinajstić information content (AvgIpc) is 3.38. The van der Waals surface area contributed by atoms with Gasteiger partial charge in [0, 0.05) is 37.5 Å². The molecule has 5 rings (SSSR count). The molecule has 1 aromatic carbocycles. The van der Waals surface area contributed by atoms with Crippen LogP contribution >= 0.6 is 0 Å². The lowest BCUT2D eigenvalue weighted by atomic mass is 10.1. The Morgan fingerprint density at radius 1 is 1.08 bits per heavy atom. The summed E-state index contributed by atoms with van der Waals surface area (Å²) in [7, 11) is 1.60. The van der Waals surface area contributed by atoms with Gasteiger partial charge in [0.2, 0.25) is 5.88 Å². The van der Waals surface area contributed by atoms with E-state index in [1.807, 2.05) is 30.6 Å². The summed E-state index contributed by atoms with van der Waals surface area (Å²) in [5, 5.41) is 9.01. The molecular formula is C27H31N7O3. The number of unbranched alkanes of at least 4 members (excludes halogenated alkanes) is 1. The van der Waals surface area contributed by atoms with Gasteiger partial charge in [-0.2, -0.15) is 0 Å². The van der Waals surface area contributed by atoms with Crippen LogP contribution in [0, 0.1) is 0 Å². The van der Waals surface area contributed by atoms with Gasteiger partial charge >= 0.3 is 0 Å². The van der Waals surface area contributed by atoms with Crippen LogP contribution in [-0.4, -0.2) is 63.1 Å². The summed E-state index contributed by atoms with van der Waals surface area (Å²) in [6.45, 7) is 7.43. The van der Waals surface area contributed by atoms with E-state index in [4.69, 9.17) is 29.6 Å². The number of hydrogen-bond acceptors (Lipinski definition) is 9. The Kier molecular flexibility index (Phi) is 7.57. The number of ether oxygens (including phenoxy) is 2. The lowest BCUT2D eigenvalue weighted by molar-refractivity contribution is 0.122. The van der Waals surface area contributed by atoms with Gasteiger partial charge in [-0.05, 0) is 36.5 Å². The SMILES string of the molecule is C=C(NO)c1ccc(CCCCn2cnc3c(N4CCOCC4)nc(-c4ccc(OC)nc4)nc32)cc1. The van der Waals surface area contributed by atoms with Crippen LogP contribution in [0.15, 0.2) is 55.5 Å². The molecular weight excluding hydrogens is 470 g/mol. The fraction of sp³-hybridized carbons (Fsp3) is 0.333. The van der Waals surface area contributed by atoms with Crippen LogP contribution < -0.4 is 15.1 Å². The van der Waals surface area contributed by atoms with Crippen molar-refractivity contribution < 1.29 is 14.7 Å². The Hall–Kier alpha value is -4.02. The third-order valence-electron chi connectivity index (χ3n) is 6.51. The first-order chi connectivity index (χ1) is 18.2. The number of methoxy groups -OCH3 is 1. The number of pyridine rings is 1. The number of morpholine rings is 1. The Labute approximate surface area is 215 Å². The molecule has 1 aliphatic rings. The molecule has 4 aromatic rings. The van der Waals surface area contributed by atoms with Gasteiger partial charge in [-0.1, -0.05) is 30.8 Å². The van der Waals surface area contributed by atoms with E-state index in [0.29, 0.717) is 30.6 Å². The standard InChI is InChI=1S/C27H31N7O3/c1-19(32-35)21-8-6-20(7-9-21)5-3-4-12-34-18-29-24-26(33-13-15-37-16-14-33)30-25(31-27(24)34)22-10-11-23(36-2)28-17-22/h6-11,17-18,32,35H,1,3-5,12-16H2,2H3. The first-order valence-corrected chi connectivity index (χ1v) is 12.4. The summed E-state index contributed by atoms with van der Waals surface area (Å²) >= 11 is 0. The van der Waals surface area contributed by atoms with Gasteiger partial charge in [0.05, 0.1) is 32.3 Å². The Bertz CT molecular complexity index is 1350. The second-order valence-electron chi connectivity index (χ2n) is 8.91. The third-order valence-corrected chi connectivity index (χ3v) is 6.51. The van der Waals surface area contributed by atoms with Crippen molar-refractivity contribution in [2.75, 3.05) is 38.3 Å². The molecule has 3 aromatic heterocycles. The summed E-state index contributed by atoms with van der Waals surface area (Å²) in [6.07, 6.45) is 6.56. The van der Waals surface area contributed by atoms with Crippen molar-refractivity contribution >= 4 is 22.7 Å². The summed E-state index contributed by atoms with van der Waals surface area (Å²) in [5.41, 5.74) is 7.15. The van der Waals surface area contributed by atoms with E-state index in [0.717, 1.165) is 67.0 Å². The van der Waals surface area contributed by atoms with E-state index >= 15 is 0 Å². The zero-order valence-corrected chi connectivity index (χ0v) is 20.9. The Morgan fingerprint density at radius 2 is 1.89 bits per heavy atom. The number of benzene rings is 1. The number of fused-ring (bicyclic) bond motifs is 1. The van der Waals surface area contributed by atoms with E-state index in [1.54, 1.807) is 13.3 Å². The molecule has 0 aliphatic carbocycles. The van der Waals surface area contributed by atoms with Gasteiger partial charge in [0.15, 0.2) is 22.8 Å². The van der Waals surface area contributed by atoms with Crippen LogP contribution in [-0.2, 0) is 17.7 Å². The molecule has 4 heterocycles. The highest BCUT2D eigenvalue weighted by molar-refractivity contribution is 5.85. The molecule has 0 saturated carbocycles. The van der Waals surface area contributed by atoms with Crippen LogP contribution in [0.3, 0.4) is 0 Å². The molecule has 1 aliphatic heterocycles. The maximum atomic E-state index is 9.01. The number of rotatable bonds is 10. The van der Waals surface area contributed by atoms with Crippen molar-refractivity contribution in [3.63, 3.8) is 0 Å². The van der Waals surface area contributed by atoms with Crippen molar-refractivity contribution in [2.45, 2.75) is 25.8 Å². The smallest absolute Gasteiger partial charge is 0.212 e. The molecule has 2 N–H and O–H groups in total. The third kappa shape index (κ3) is 5.55. The fourth-order valence-electron chi connectivity index (χ4n) is 4.40. The van der Waals surface area contributed by atoms with Crippen molar-refractivity contribution in [1.29, 1.82) is 0 Å². The number of aromatic nitrogens is 5. The van der Waals surface area contributed by atoms with E-state index < -0.39 is 0 Å². The molecule has 0 atom stereocenters. The van der Waals surface area contributed by atoms with Crippen molar-refractivity contribution in [1.82, 2.24) is 30.0 Å². The minimum absolute atomic E-state index is 0.488. The number of hydroxylamine groups is 1. The highest BCUT2D eigenvalue weighted by atomic mass is 16.5. The minimum Gasteiger partial charge on any atom is -0.481 e. The zero-order valence-electron chi connectivity index (χ0n) is 20.9. The predicted molar refractivity (Wildman–Crippen MR) is 141 cm³/mol. The molecule has 1 fully saturated rings. The lowest BCUT2D eigenvalue weighted by Gasteiger charge is -2.28. The van der Waals surface area contributed by atoms with Gasteiger partial charge < -0.3 is 18.9 Å². The van der Waals surface area contributed by atoms with E-state index in [2.05, 4.69) is 38.6 Å². The summed E-state index contributed by atoms with van der Waals surface area (Å²) < 4.78 is 12.9. The average molecular weight is 502 g/mol. The maximum absolute atomic E-state index is 9.01. The van der Waals surface area contributed by atoms with Gasteiger partial charge in [-0.3, -0.25) is 10.7 Å². The van der Waals surface area contributed by atoms with E-state index in [-0.39, 0.29) is 0 Å². The largest absolute Gasteiger partial charge is 0.481 e. The fourth-order valence-corrected chi connectivity index (χ4v) is 4.40. The quantitative estimate of drug-likeness (QED) is 0.248. The van der Waals surface area contributed by atoms with Gasteiger partial charge in [0.1, 0.15) is 0 Å². The van der Waals surface area contributed by atoms with Crippen molar-refractivity contribution in [3.8, 4) is 17.3 Å². The molecule has 192 valence electrons. The first kappa shape index (κ1) is 24.7. The van der Waals surface area contributed by atoms with Gasteiger partial charge in [-0.15, -0.1) is 0 Å². The molecule has 0 radical (unpaired) electrons.